The normalized spacial score (nSPS) is 13.1. The minimum atomic E-state index is -0.0105. The van der Waals surface area contributed by atoms with Crippen molar-refractivity contribution in [3.8, 4) is 5.75 Å². The molecule has 0 unspecified atom stereocenters. The van der Waals surface area contributed by atoms with Crippen molar-refractivity contribution in [1.29, 1.82) is 0 Å². The molecule has 0 spiro atoms. The van der Waals surface area contributed by atoms with Gasteiger partial charge < -0.3 is 15.4 Å². The van der Waals surface area contributed by atoms with Crippen LogP contribution in [-0.4, -0.2) is 17.4 Å². The van der Waals surface area contributed by atoms with Crippen LogP contribution in [0.3, 0.4) is 0 Å². The molecule has 0 atom stereocenters. The van der Waals surface area contributed by atoms with Crippen molar-refractivity contribution < 1.29 is 9.53 Å². The molecule has 0 saturated heterocycles. The van der Waals surface area contributed by atoms with Crippen LogP contribution in [0.25, 0.3) is 0 Å². The molecule has 2 aromatic rings. The van der Waals surface area contributed by atoms with E-state index in [1.54, 1.807) is 29.2 Å². The van der Waals surface area contributed by atoms with Gasteiger partial charge in [-0.05, 0) is 23.3 Å². The number of fused-ring (bicyclic) bond motifs is 1. The number of carbonyl (C=O) groups is 1. The van der Waals surface area contributed by atoms with Crippen LogP contribution in [0.4, 0.5) is 5.69 Å². The molecule has 0 bridgehead atoms. The first kappa shape index (κ1) is 12.5. The maximum atomic E-state index is 12.1. The van der Waals surface area contributed by atoms with Gasteiger partial charge in [0.2, 0.25) is 0 Å². The van der Waals surface area contributed by atoms with Gasteiger partial charge in [0.05, 0.1) is 0 Å². The Labute approximate surface area is 117 Å². The van der Waals surface area contributed by atoms with Gasteiger partial charge in [0.25, 0.3) is 5.91 Å². The molecule has 0 aromatic heterocycles. The first-order valence-corrected chi connectivity index (χ1v) is 6.55. The number of rotatable bonds is 3. The molecule has 20 heavy (non-hydrogen) atoms. The van der Waals surface area contributed by atoms with E-state index < -0.39 is 0 Å². The van der Waals surface area contributed by atoms with Gasteiger partial charge >= 0.3 is 0 Å². The molecule has 0 saturated carbocycles. The Morgan fingerprint density at radius 2 is 1.80 bits per heavy atom. The zero-order valence-corrected chi connectivity index (χ0v) is 11.1. The van der Waals surface area contributed by atoms with Crippen LogP contribution >= 0.6 is 0 Å². The van der Waals surface area contributed by atoms with Crippen molar-refractivity contribution in [1.82, 2.24) is 4.90 Å². The van der Waals surface area contributed by atoms with Crippen molar-refractivity contribution in [2.45, 2.75) is 13.1 Å². The van der Waals surface area contributed by atoms with E-state index in [0.717, 1.165) is 0 Å². The second-order valence-corrected chi connectivity index (χ2v) is 4.88. The van der Waals surface area contributed by atoms with Gasteiger partial charge in [-0.1, -0.05) is 30.3 Å². The zero-order valence-electron chi connectivity index (χ0n) is 11.1. The van der Waals surface area contributed by atoms with Crippen molar-refractivity contribution >= 4 is 11.6 Å². The van der Waals surface area contributed by atoms with Crippen LogP contribution in [0.1, 0.15) is 11.1 Å². The number of nitrogens with zero attached hydrogens (tertiary/aromatic N) is 1. The van der Waals surface area contributed by atoms with Crippen LogP contribution in [0, 0.1) is 0 Å². The fourth-order valence-corrected chi connectivity index (χ4v) is 2.35. The Hall–Kier alpha value is -2.49. The molecule has 4 nitrogen and oxygen atoms in total. The number of hydrogen-bond donors (Lipinski definition) is 1. The van der Waals surface area contributed by atoms with E-state index in [0.29, 0.717) is 24.5 Å². The molecule has 2 N–H and O–H groups in total. The number of benzene rings is 2. The number of ether oxygens (including phenoxy) is 1. The Kier molecular flexibility index (Phi) is 3.29. The molecular formula is C16H16N2O2. The van der Waals surface area contributed by atoms with Gasteiger partial charge in [0, 0.05) is 24.8 Å². The van der Waals surface area contributed by atoms with Crippen LogP contribution in [0.15, 0.2) is 48.5 Å². The molecule has 1 heterocycles. The quantitative estimate of drug-likeness (QED) is 0.868. The summed E-state index contributed by atoms with van der Waals surface area (Å²) in [6.45, 7) is 1.36. The van der Waals surface area contributed by atoms with Crippen molar-refractivity contribution in [3.63, 3.8) is 0 Å². The largest absolute Gasteiger partial charge is 0.484 e. The van der Waals surface area contributed by atoms with E-state index >= 15 is 0 Å². The fraction of sp³-hybridized carbons (Fsp3) is 0.188. The summed E-state index contributed by atoms with van der Waals surface area (Å²) in [5, 5.41) is 0. The number of carbonyl (C=O) groups excluding carboxylic acids is 1. The highest BCUT2D eigenvalue weighted by molar-refractivity contribution is 5.78. The first-order chi connectivity index (χ1) is 9.72. The second kappa shape index (κ2) is 5.25. The summed E-state index contributed by atoms with van der Waals surface area (Å²) in [4.78, 5) is 13.9. The number of nitrogen functional groups attached to an aromatic ring is 1. The van der Waals surface area contributed by atoms with E-state index in [1.807, 2.05) is 12.1 Å². The smallest absolute Gasteiger partial charge is 0.261 e. The van der Waals surface area contributed by atoms with E-state index in [9.17, 15) is 4.79 Å². The van der Waals surface area contributed by atoms with Crippen LogP contribution in [-0.2, 0) is 17.9 Å². The maximum absolute atomic E-state index is 12.1. The molecule has 4 heteroatoms. The van der Waals surface area contributed by atoms with Gasteiger partial charge in [-0.2, -0.15) is 0 Å². The molecule has 0 radical (unpaired) electrons. The SMILES string of the molecule is Nc1cccc(OCC(=O)N2Cc3ccccc3C2)c1. The first-order valence-electron chi connectivity index (χ1n) is 6.55. The summed E-state index contributed by atoms with van der Waals surface area (Å²) in [6, 6.07) is 15.2. The maximum Gasteiger partial charge on any atom is 0.261 e. The third-order valence-corrected chi connectivity index (χ3v) is 3.41. The summed E-state index contributed by atoms with van der Waals surface area (Å²) in [5.74, 6) is 0.610. The van der Waals surface area contributed by atoms with Crippen LogP contribution < -0.4 is 10.5 Å². The van der Waals surface area contributed by atoms with E-state index in [-0.39, 0.29) is 12.5 Å². The highest BCUT2D eigenvalue weighted by atomic mass is 16.5. The Morgan fingerprint density at radius 1 is 1.10 bits per heavy atom. The highest BCUT2D eigenvalue weighted by Crippen LogP contribution is 2.22. The van der Waals surface area contributed by atoms with Crippen molar-refractivity contribution in [3.05, 3.63) is 59.7 Å². The van der Waals surface area contributed by atoms with Crippen LogP contribution in [0.2, 0.25) is 0 Å². The molecule has 102 valence electrons. The molecule has 1 aliphatic heterocycles. The van der Waals surface area contributed by atoms with Gasteiger partial charge in [0.15, 0.2) is 6.61 Å². The summed E-state index contributed by atoms with van der Waals surface area (Å²) in [7, 11) is 0. The summed E-state index contributed by atoms with van der Waals surface area (Å²) in [5.41, 5.74) is 8.72. The lowest BCUT2D eigenvalue weighted by Crippen LogP contribution is -2.30. The lowest BCUT2D eigenvalue weighted by molar-refractivity contribution is -0.134. The average Bonchev–Trinajstić information content (AvgIpc) is 2.89. The van der Waals surface area contributed by atoms with Gasteiger partial charge in [-0.3, -0.25) is 4.79 Å². The monoisotopic (exact) mass is 268 g/mol. The lowest BCUT2D eigenvalue weighted by Gasteiger charge is -2.15. The lowest BCUT2D eigenvalue weighted by atomic mass is 10.1. The summed E-state index contributed by atoms with van der Waals surface area (Å²) in [6.07, 6.45) is 0. The molecule has 1 amide bonds. The summed E-state index contributed by atoms with van der Waals surface area (Å²) >= 11 is 0. The van der Waals surface area contributed by atoms with E-state index in [4.69, 9.17) is 10.5 Å². The average molecular weight is 268 g/mol. The van der Waals surface area contributed by atoms with Gasteiger partial charge in [-0.25, -0.2) is 0 Å². The number of nitrogens with two attached hydrogens (primary N) is 1. The third kappa shape index (κ3) is 2.59. The van der Waals surface area contributed by atoms with E-state index in [1.165, 1.54) is 11.1 Å². The molecule has 0 aliphatic carbocycles. The molecule has 1 aliphatic rings. The van der Waals surface area contributed by atoms with Crippen molar-refractivity contribution in [2.24, 2.45) is 0 Å². The number of anilines is 1. The molecule has 0 fully saturated rings. The summed E-state index contributed by atoms with van der Waals surface area (Å²) < 4.78 is 5.49. The second-order valence-electron chi connectivity index (χ2n) is 4.88. The number of hydrogen-bond acceptors (Lipinski definition) is 3. The topological polar surface area (TPSA) is 55.6 Å². The highest BCUT2D eigenvalue weighted by Gasteiger charge is 2.22. The molecular weight excluding hydrogens is 252 g/mol. The minimum absolute atomic E-state index is 0.0105. The predicted molar refractivity (Wildman–Crippen MR) is 77.0 cm³/mol. The van der Waals surface area contributed by atoms with Crippen LogP contribution in [0.5, 0.6) is 5.75 Å². The third-order valence-electron chi connectivity index (χ3n) is 3.41. The van der Waals surface area contributed by atoms with E-state index in [2.05, 4.69) is 12.1 Å². The number of amides is 1. The zero-order chi connectivity index (χ0) is 13.9. The molecule has 2 aromatic carbocycles. The minimum Gasteiger partial charge on any atom is -0.484 e. The Bertz CT molecular complexity index is 615. The predicted octanol–water partition coefficient (Wildman–Crippen LogP) is 2.19. The fourth-order valence-electron chi connectivity index (χ4n) is 2.35. The van der Waals surface area contributed by atoms with Gasteiger partial charge in [-0.15, -0.1) is 0 Å². The molecule has 3 rings (SSSR count). The van der Waals surface area contributed by atoms with Gasteiger partial charge in [0.1, 0.15) is 5.75 Å². The Morgan fingerprint density at radius 3 is 2.45 bits per heavy atom. The Balaban J connectivity index is 1.59. The van der Waals surface area contributed by atoms with Crippen molar-refractivity contribution in [2.75, 3.05) is 12.3 Å². The standard InChI is InChI=1S/C16H16N2O2/c17-14-6-3-7-15(8-14)20-11-16(19)18-9-12-4-1-2-5-13(12)10-18/h1-8H,9-11,17H2.